The molecule has 2 rings (SSSR count). The zero-order chi connectivity index (χ0) is 14.0. The van der Waals surface area contributed by atoms with Crippen LogP contribution in [0.2, 0.25) is 0 Å². The Bertz CT molecular complexity index is 560. The van der Waals surface area contributed by atoms with Crippen molar-refractivity contribution < 1.29 is 8.42 Å². The lowest BCUT2D eigenvalue weighted by molar-refractivity contribution is 0.434. The Labute approximate surface area is 113 Å². The first-order chi connectivity index (χ1) is 9.02. The normalized spacial score (nSPS) is 15.9. The molecular formula is C12H20N4O2S. The van der Waals surface area contributed by atoms with Crippen LogP contribution < -0.4 is 5.32 Å². The van der Waals surface area contributed by atoms with Gasteiger partial charge in [0, 0.05) is 19.1 Å². The van der Waals surface area contributed by atoms with Gasteiger partial charge in [-0.3, -0.25) is 5.10 Å². The molecule has 1 aliphatic rings. The molecular weight excluding hydrogens is 264 g/mol. The van der Waals surface area contributed by atoms with Crippen LogP contribution in [0.4, 0.5) is 0 Å². The maximum atomic E-state index is 12.8. The lowest BCUT2D eigenvalue weighted by Crippen LogP contribution is -2.34. The molecule has 2 N–H and O–H groups in total. The molecule has 0 atom stereocenters. The second kappa shape index (κ2) is 5.44. The van der Waals surface area contributed by atoms with E-state index in [9.17, 15) is 8.42 Å². The molecule has 7 heteroatoms. The number of hydrogen-bond donors (Lipinski definition) is 2. The van der Waals surface area contributed by atoms with E-state index in [-0.39, 0.29) is 6.04 Å². The van der Waals surface area contributed by atoms with E-state index < -0.39 is 10.0 Å². The Balaban J connectivity index is 2.42. The highest BCUT2D eigenvalue weighted by Gasteiger charge is 2.39. The van der Waals surface area contributed by atoms with E-state index in [1.165, 1.54) is 4.31 Å². The molecule has 6 nitrogen and oxygen atoms in total. The molecule has 106 valence electrons. The van der Waals surface area contributed by atoms with Crippen LogP contribution in [0.15, 0.2) is 17.6 Å². The van der Waals surface area contributed by atoms with E-state index in [0.717, 1.165) is 12.8 Å². The van der Waals surface area contributed by atoms with E-state index in [1.807, 2.05) is 0 Å². The summed E-state index contributed by atoms with van der Waals surface area (Å²) < 4.78 is 27.1. The van der Waals surface area contributed by atoms with Gasteiger partial charge in [-0.1, -0.05) is 6.08 Å². The third-order valence-electron chi connectivity index (χ3n) is 3.14. The first kappa shape index (κ1) is 14.2. The Hall–Kier alpha value is -1.18. The number of aryl methyl sites for hydroxylation is 1. The summed E-state index contributed by atoms with van der Waals surface area (Å²) in [5.41, 5.74) is 1.12. The Kier molecular flexibility index (Phi) is 4.07. The van der Waals surface area contributed by atoms with E-state index in [4.69, 9.17) is 0 Å². The minimum atomic E-state index is -3.51. The highest BCUT2D eigenvalue weighted by molar-refractivity contribution is 7.89. The third kappa shape index (κ3) is 2.72. The van der Waals surface area contributed by atoms with E-state index in [1.54, 1.807) is 20.0 Å². The maximum Gasteiger partial charge on any atom is 0.247 e. The first-order valence-electron chi connectivity index (χ1n) is 6.33. The summed E-state index contributed by atoms with van der Waals surface area (Å²) in [6, 6.07) is 0.111. The van der Waals surface area contributed by atoms with Crippen LogP contribution in [-0.2, 0) is 16.6 Å². The smallest absolute Gasteiger partial charge is 0.247 e. The fourth-order valence-electron chi connectivity index (χ4n) is 2.15. The standard InChI is InChI=1S/C12H20N4O2S/c1-4-7-16(10-5-6-10)19(17,18)12-9(2)14-15-11(12)8-13-3/h4,10,13H,1,5-8H2,2-3H3,(H,14,15). The molecule has 1 aromatic rings. The SMILES string of the molecule is C=CCN(C1CC1)S(=O)(=O)c1c(CNC)n[nH]c1C. The fourth-order valence-corrected chi connectivity index (χ4v) is 4.14. The number of rotatable bonds is 7. The van der Waals surface area contributed by atoms with Crippen LogP contribution in [0, 0.1) is 6.92 Å². The van der Waals surface area contributed by atoms with E-state index in [2.05, 4.69) is 22.1 Å². The van der Waals surface area contributed by atoms with Crippen molar-refractivity contribution in [1.82, 2.24) is 19.8 Å². The van der Waals surface area contributed by atoms with Gasteiger partial charge in [0.15, 0.2) is 0 Å². The van der Waals surface area contributed by atoms with Crippen molar-refractivity contribution in [2.45, 2.75) is 37.2 Å². The van der Waals surface area contributed by atoms with E-state index >= 15 is 0 Å². The van der Waals surface area contributed by atoms with Crippen LogP contribution in [0.25, 0.3) is 0 Å². The molecule has 1 aliphatic carbocycles. The van der Waals surface area contributed by atoms with Crippen molar-refractivity contribution in [2.75, 3.05) is 13.6 Å². The molecule has 0 bridgehead atoms. The third-order valence-corrected chi connectivity index (χ3v) is 5.26. The molecule has 19 heavy (non-hydrogen) atoms. The summed E-state index contributed by atoms with van der Waals surface area (Å²) in [5.74, 6) is 0. The van der Waals surface area contributed by atoms with Crippen LogP contribution in [0.1, 0.15) is 24.2 Å². The minimum absolute atomic E-state index is 0.111. The number of sulfonamides is 1. The van der Waals surface area contributed by atoms with Gasteiger partial charge in [-0.05, 0) is 26.8 Å². The zero-order valence-corrected chi connectivity index (χ0v) is 12.1. The van der Waals surface area contributed by atoms with Gasteiger partial charge in [0.05, 0.1) is 11.4 Å². The van der Waals surface area contributed by atoms with Crippen molar-refractivity contribution in [3.05, 3.63) is 24.0 Å². The van der Waals surface area contributed by atoms with Gasteiger partial charge in [0.1, 0.15) is 4.90 Å². The fraction of sp³-hybridized carbons (Fsp3) is 0.583. The van der Waals surface area contributed by atoms with Crippen LogP contribution >= 0.6 is 0 Å². The predicted molar refractivity (Wildman–Crippen MR) is 73.2 cm³/mol. The summed E-state index contributed by atoms with van der Waals surface area (Å²) in [7, 11) is -1.75. The van der Waals surface area contributed by atoms with Gasteiger partial charge < -0.3 is 5.32 Å². The van der Waals surface area contributed by atoms with Crippen molar-refractivity contribution >= 4 is 10.0 Å². The summed E-state index contributed by atoms with van der Waals surface area (Å²) >= 11 is 0. The highest BCUT2D eigenvalue weighted by atomic mass is 32.2. The van der Waals surface area contributed by atoms with Crippen molar-refractivity contribution in [2.24, 2.45) is 0 Å². The van der Waals surface area contributed by atoms with E-state index in [0.29, 0.717) is 29.4 Å². The topological polar surface area (TPSA) is 78.1 Å². The molecule has 1 heterocycles. The largest absolute Gasteiger partial charge is 0.314 e. The molecule has 0 saturated heterocycles. The summed E-state index contributed by atoms with van der Waals surface area (Å²) in [5, 5.41) is 9.78. The van der Waals surface area contributed by atoms with Crippen LogP contribution in [0.5, 0.6) is 0 Å². The molecule has 0 spiro atoms. The Morgan fingerprint density at radius 2 is 2.26 bits per heavy atom. The molecule has 0 aromatic carbocycles. The Morgan fingerprint density at radius 3 is 2.79 bits per heavy atom. The molecule has 0 unspecified atom stereocenters. The summed E-state index contributed by atoms with van der Waals surface area (Å²) in [6.45, 7) is 6.14. The predicted octanol–water partition coefficient (Wildman–Crippen LogP) is 0.777. The Morgan fingerprint density at radius 1 is 1.58 bits per heavy atom. The zero-order valence-electron chi connectivity index (χ0n) is 11.3. The average Bonchev–Trinajstić information content (AvgIpc) is 3.11. The lowest BCUT2D eigenvalue weighted by Gasteiger charge is -2.20. The molecule has 1 fully saturated rings. The molecule has 0 amide bonds. The van der Waals surface area contributed by atoms with Crippen molar-refractivity contribution in [1.29, 1.82) is 0 Å². The monoisotopic (exact) mass is 284 g/mol. The van der Waals surface area contributed by atoms with Crippen molar-refractivity contribution in [3.8, 4) is 0 Å². The minimum Gasteiger partial charge on any atom is -0.314 e. The summed E-state index contributed by atoms with van der Waals surface area (Å²) in [4.78, 5) is 0.301. The summed E-state index contributed by atoms with van der Waals surface area (Å²) in [6.07, 6.45) is 3.47. The number of aromatic nitrogens is 2. The highest BCUT2D eigenvalue weighted by Crippen LogP contribution is 2.33. The van der Waals surface area contributed by atoms with Crippen molar-refractivity contribution in [3.63, 3.8) is 0 Å². The van der Waals surface area contributed by atoms with Gasteiger partial charge in [-0.15, -0.1) is 6.58 Å². The first-order valence-corrected chi connectivity index (χ1v) is 7.77. The number of H-pyrrole nitrogens is 1. The quantitative estimate of drug-likeness (QED) is 0.725. The van der Waals surface area contributed by atoms with Gasteiger partial charge in [-0.25, -0.2) is 8.42 Å². The lowest BCUT2D eigenvalue weighted by atomic mass is 10.4. The van der Waals surface area contributed by atoms with Gasteiger partial charge in [-0.2, -0.15) is 9.40 Å². The van der Waals surface area contributed by atoms with Gasteiger partial charge in [0.25, 0.3) is 0 Å². The second-order valence-electron chi connectivity index (χ2n) is 4.75. The van der Waals surface area contributed by atoms with Crippen LogP contribution in [-0.4, -0.2) is 42.6 Å². The number of nitrogens with zero attached hydrogens (tertiary/aromatic N) is 2. The molecule has 0 aliphatic heterocycles. The second-order valence-corrected chi connectivity index (χ2v) is 6.58. The molecule has 1 aromatic heterocycles. The van der Waals surface area contributed by atoms with Gasteiger partial charge >= 0.3 is 0 Å². The molecule has 0 radical (unpaired) electrons. The van der Waals surface area contributed by atoms with Crippen LogP contribution in [0.3, 0.4) is 0 Å². The number of hydrogen-bond acceptors (Lipinski definition) is 4. The number of nitrogens with one attached hydrogen (secondary N) is 2. The van der Waals surface area contributed by atoms with Gasteiger partial charge in [0.2, 0.25) is 10.0 Å². The number of aromatic amines is 1. The molecule has 1 saturated carbocycles. The maximum absolute atomic E-state index is 12.8. The average molecular weight is 284 g/mol.